The van der Waals surface area contributed by atoms with Crippen molar-refractivity contribution in [1.82, 2.24) is 9.97 Å². The molecule has 1 aromatic heterocycles. The molecule has 0 bridgehead atoms. The summed E-state index contributed by atoms with van der Waals surface area (Å²) >= 11 is 0. The van der Waals surface area contributed by atoms with E-state index in [1.807, 2.05) is 0 Å². The molecule has 0 aliphatic carbocycles. The predicted molar refractivity (Wildman–Crippen MR) is 99.8 cm³/mol. The Morgan fingerprint density at radius 3 is 2.63 bits per heavy atom. The molecular formula is C18H15N5O4. The molecule has 3 N–H and O–H groups in total. The summed E-state index contributed by atoms with van der Waals surface area (Å²) in [5.41, 5.74) is 3.85. The van der Waals surface area contributed by atoms with Crippen LogP contribution in [0.2, 0.25) is 0 Å². The molecule has 0 aliphatic rings. The molecule has 0 atom stereocenters. The number of para-hydroxylation sites is 1. The van der Waals surface area contributed by atoms with Crippen molar-refractivity contribution in [3.63, 3.8) is 0 Å². The number of anilines is 1. The number of aryl methyl sites for hydroxylation is 1. The number of aromatic hydroxyl groups is 2. The van der Waals surface area contributed by atoms with E-state index >= 15 is 0 Å². The molecule has 136 valence electrons. The monoisotopic (exact) mass is 365 g/mol. The minimum Gasteiger partial charge on any atom is -0.507 e. The van der Waals surface area contributed by atoms with Crippen molar-refractivity contribution in [3.8, 4) is 22.9 Å². The van der Waals surface area contributed by atoms with E-state index in [1.165, 1.54) is 30.5 Å². The summed E-state index contributed by atoms with van der Waals surface area (Å²) in [5, 5.41) is 34.5. The number of phenolic OH excluding ortho intramolecular Hbond substituents is 2. The topological polar surface area (TPSA) is 134 Å². The zero-order chi connectivity index (χ0) is 19.4. The molecule has 0 unspecified atom stereocenters. The summed E-state index contributed by atoms with van der Waals surface area (Å²) in [5.74, 6) is 0.602. The van der Waals surface area contributed by atoms with Gasteiger partial charge in [0, 0.05) is 29.5 Å². The first-order valence-electron chi connectivity index (χ1n) is 7.84. The highest BCUT2D eigenvalue weighted by atomic mass is 16.6. The fourth-order valence-electron chi connectivity index (χ4n) is 2.34. The Bertz CT molecular complexity index is 1040. The van der Waals surface area contributed by atoms with Crippen LogP contribution in [-0.2, 0) is 0 Å². The van der Waals surface area contributed by atoms with E-state index in [4.69, 9.17) is 0 Å². The summed E-state index contributed by atoms with van der Waals surface area (Å²) in [6.45, 7) is 1.77. The zero-order valence-corrected chi connectivity index (χ0v) is 14.2. The SMILES string of the molecule is Cc1cc(N/N=C\c2cc([N+](=O)[O-])ccc2O)nc(-c2ccccc2O)n1. The molecule has 3 aromatic rings. The van der Waals surface area contributed by atoms with Gasteiger partial charge in [-0.05, 0) is 25.1 Å². The minimum atomic E-state index is -0.559. The third kappa shape index (κ3) is 4.15. The third-order valence-electron chi connectivity index (χ3n) is 3.60. The maximum atomic E-state index is 10.8. The number of non-ortho nitro benzene ring substituents is 1. The van der Waals surface area contributed by atoms with Gasteiger partial charge in [-0.3, -0.25) is 15.5 Å². The minimum absolute atomic E-state index is 0.0547. The van der Waals surface area contributed by atoms with Gasteiger partial charge in [0.05, 0.1) is 16.7 Å². The summed E-state index contributed by atoms with van der Waals surface area (Å²) in [4.78, 5) is 18.9. The van der Waals surface area contributed by atoms with Crippen LogP contribution in [-0.4, -0.2) is 31.3 Å². The van der Waals surface area contributed by atoms with Crippen LogP contribution in [0.5, 0.6) is 11.5 Å². The molecule has 0 radical (unpaired) electrons. The molecule has 9 heteroatoms. The number of nitro groups is 1. The second-order valence-electron chi connectivity index (χ2n) is 5.61. The summed E-state index contributed by atoms with van der Waals surface area (Å²) in [7, 11) is 0. The highest BCUT2D eigenvalue weighted by molar-refractivity contribution is 5.84. The normalized spacial score (nSPS) is 10.9. The highest BCUT2D eigenvalue weighted by Gasteiger charge is 2.10. The lowest BCUT2D eigenvalue weighted by molar-refractivity contribution is -0.384. The number of rotatable bonds is 5. The van der Waals surface area contributed by atoms with E-state index in [9.17, 15) is 20.3 Å². The number of nitrogens with zero attached hydrogens (tertiary/aromatic N) is 4. The molecule has 0 spiro atoms. The van der Waals surface area contributed by atoms with Crippen LogP contribution >= 0.6 is 0 Å². The molecule has 9 nitrogen and oxygen atoms in total. The number of nitrogens with one attached hydrogen (secondary N) is 1. The Morgan fingerprint density at radius 1 is 1.11 bits per heavy atom. The number of phenols is 2. The number of hydrazone groups is 1. The Morgan fingerprint density at radius 2 is 1.89 bits per heavy atom. The number of hydrogen-bond donors (Lipinski definition) is 3. The number of aromatic nitrogens is 2. The van der Waals surface area contributed by atoms with E-state index < -0.39 is 4.92 Å². The van der Waals surface area contributed by atoms with E-state index in [2.05, 4.69) is 20.5 Å². The van der Waals surface area contributed by atoms with Gasteiger partial charge in [-0.15, -0.1) is 0 Å². The fraction of sp³-hybridized carbons (Fsp3) is 0.0556. The van der Waals surface area contributed by atoms with Crippen LogP contribution in [0.3, 0.4) is 0 Å². The smallest absolute Gasteiger partial charge is 0.270 e. The highest BCUT2D eigenvalue weighted by Crippen LogP contribution is 2.27. The average molecular weight is 365 g/mol. The van der Waals surface area contributed by atoms with E-state index in [0.717, 1.165) is 0 Å². The lowest BCUT2D eigenvalue weighted by Gasteiger charge is -2.07. The van der Waals surface area contributed by atoms with Crippen molar-refractivity contribution in [1.29, 1.82) is 0 Å². The van der Waals surface area contributed by atoms with Crippen LogP contribution in [0.4, 0.5) is 11.5 Å². The molecule has 0 saturated carbocycles. The second kappa shape index (κ2) is 7.48. The number of benzene rings is 2. The van der Waals surface area contributed by atoms with Crippen LogP contribution in [0.1, 0.15) is 11.3 Å². The Labute approximate surface area is 153 Å². The Hall–Kier alpha value is -4.01. The van der Waals surface area contributed by atoms with Gasteiger partial charge < -0.3 is 10.2 Å². The molecule has 0 saturated heterocycles. The van der Waals surface area contributed by atoms with Crippen LogP contribution in [0.25, 0.3) is 11.4 Å². The van der Waals surface area contributed by atoms with Gasteiger partial charge in [0.1, 0.15) is 11.5 Å². The predicted octanol–water partition coefficient (Wildman–Crippen LogP) is 3.22. The lowest BCUT2D eigenvalue weighted by Crippen LogP contribution is -1.99. The van der Waals surface area contributed by atoms with Gasteiger partial charge in [0.15, 0.2) is 11.6 Å². The number of hydrogen-bond acceptors (Lipinski definition) is 8. The maximum absolute atomic E-state index is 10.8. The van der Waals surface area contributed by atoms with Gasteiger partial charge in [0.2, 0.25) is 0 Å². The molecular weight excluding hydrogens is 350 g/mol. The van der Waals surface area contributed by atoms with Crippen LogP contribution < -0.4 is 5.43 Å². The average Bonchev–Trinajstić information content (AvgIpc) is 2.63. The fourth-order valence-corrected chi connectivity index (χ4v) is 2.34. The van der Waals surface area contributed by atoms with Crippen molar-refractivity contribution in [3.05, 3.63) is 69.9 Å². The Balaban J connectivity index is 1.85. The van der Waals surface area contributed by atoms with Crippen molar-refractivity contribution < 1.29 is 15.1 Å². The third-order valence-corrected chi connectivity index (χ3v) is 3.60. The molecule has 3 rings (SSSR count). The van der Waals surface area contributed by atoms with Gasteiger partial charge in [-0.1, -0.05) is 12.1 Å². The quantitative estimate of drug-likeness (QED) is 0.359. The number of nitro benzene ring substituents is 1. The van der Waals surface area contributed by atoms with Gasteiger partial charge >= 0.3 is 0 Å². The molecule has 1 heterocycles. The van der Waals surface area contributed by atoms with E-state index in [-0.39, 0.29) is 22.7 Å². The van der Waals surface area contributed by atoms with Crippen molar-refractivity contribution >= 4 is 17.7 Å². The lowest BCUT2D eigenvalue weighted by atomic mass is 10.2. The van der Waals surface area contributed by atoms with Crippen LogP contribution in [0, 0.1) is 17.0 Å². The van der Waals surface area contributed by atoms with Crippen molar-refractivity contribution in [2.75, 3.05) is 5.43 Å². The molecule has 2 aromatic carbocycles. The van der Waals surface area contributed by atoms with Gasteiger partial charge in [-0.25, -0.2) is 9.97 Å². The van der Waals surface area contributed by atoms with Crippen molar-refractivity contribution in [2.45, 2.75) is 6.92 Å². The zero-order valence-electron chi connectivity index (χ0n) is 14.2. The van der Waals surface area contributed by atoms with E-state index in [0.29, 0.717) is 22.9 Å². The molecule has 0 amide bonds. The summed E-state index contributed by atoms with van der Waals surface area (Å²) in [6.07, 6.45) is 1.25. The largest absolute Gasteiger partial charge is 0.507 e. The Kier molecular flexibility index (Phi) is 4.93. The first-order chi connectivity index (χ1) is 12.9. The first-order valence-corrected chi connectivity index (χ1v) is 7.84. The summed E-state index contributed by atoms with van der Waals surface area (Å²) in [6, 6.07) is 12.0. The standard InChI is InChI=1S/C18H15N5O4/c1-11-8-17(21-18(20-11)14-4-2-3-5-16(14)25)22-19-10-12-9-13(23(26)27)6-7-15(12)24/h2-10,24-25H,1H3,(H,20,21,22)/b19-10-. The van der Waals surface area contributed by atoms with Crippen molar-refractivity contribution in [2.24, 2.45) is 5.10 Å². The second-order valence-corrected chi connectivity index (χ2v) is 5.61. The van der Waals surface area contributed by atoms with Crippen LogP contribution in [0.15, 0.2) is 53.6 Å². The molecule has 0 aliphatic heterocycles. The molecule has 27 heavy (non-hydrogen) atoms. The summed E-state index contributed by atoms with van der Waals surface area (Å²) < 4.78 is 0. The maximum Gasteiger partial charge on any atom is 0.270 e. The van der Waals surface area contributed by atoms with E-state index in [1.54, 1.807) is 31.2 Å². The molecule has 0 fully saturated rings. The van der Waals surface area contributed by atoms with Gasteiger partial charge in [-0.2, -0.15) is 5.10 Å². The first kappa shape index (κ1) is 17.8. The van der Waals surface area contributed by atoms with Gasteiger partial charge in [0.25, 0.3) is 5.69 Å².